The number of nitrogens with two attached hydrogens (primary N) is 1. The molecule has 1 aromatic heterocycles. The van der Waals surface area contributed by atoms with E-state index >= 15 is 0 Å². The van der Waals surface area contributed by atoms with Crippen molar-refractivity contribution in [3.8, 4) is 0 Å². The van der Waals surface area contributed by atoms with Crippen molar-refractivity contribution in [2.75, 3.05) is 18.8 Å². The molecule has 0 atom stereocenters. The minimum absolute atomic E-state index is 0.0373. The van der Waals surface area contributed by atoms with Gasteiger partial charge in [0.2, 0.25) is 0 Å². The number of anilines is 1. The van der Waals surface area contributed by atoms with E-state index in [0.29, 0.717) is 5.69 Å². The minimum atomic E-state index is -4.40. The zero-order valence-corrected chi connectivity index (χ0v) is 11.9. The Morgan fingerprint density at radius 2 is 2.05 bits per heavy atom. The molecule has 0 saturated carbocycles. The SMILES string of the molecule is Cc1sc(C(=O)N(CC(C)C)CC(F)(F)F)cc1N. The number of hydrogen-bond acceptors (Lipinski definition) is 3. The zero-order chi connectivity index (χ0) is 14.8. The highest BCUT2D eigenvalue weighted by Gasteiger charge is 2.34. The number of hydrogen-bond donors (Lipinski definition) is 1. The van der Waals surface area contributed by atoms with Crippen molar-refractivity contribution in [1.29, 1.82) is 0 Å². The van der Waals surface area contributed by atoms with Crippen LogP contribution in [0.15, 0.2) is 6.07 Å². The van der Waals surface area contributed by atoms with E-state index in [-0.39, 0.29) is 17.3 Å². The summed E-state index contributed by atoms with van der Waals surface area (Å²) in [5.41, 5.74) is 6.06. The van der Waals surface area contributed by atoms with Crippen molar-refractivity contribution in [3.63, 3.8) is 0 Å². The molecule has 0 unspecified atom stereocenters. The Hall–Kier alpha value is -1.24. The number of carbonyl (C=O) groups excluding carboxylic acids is 1. The predicted octanol–water partition coefficient (Wildman–Crippen LogP) is 3.30. The molecule has 0 aliphatic rings. The summed E-state index contributed by atoms with van der Waals surface area (Å²) in [5, 5.41) is 0. The van der Waals surface area contributed by atoms with Crippen LogP contribution in [0.3, 0.4) is 0 Å². The summed E-state index contributed by atoms with van der Waals surface area (Å²) in [4.78, 5) is 13.9. The van der Waals surface area contributed by atoms with Crippen LogP contribution in [0.5, 0.6) is 0 Å². The lowest BCUT2D eigenvalue weighted by Crippen LogP contribution is -2.40. The maximum atomic E-state index is 12.5. The van der Waals surface area contributed by atoms with Crippen molar-refractivity contribution in [2.24, 2.45) is 5.92 Å². The molecule has 1 aromatic rings. The number of rotatable bonds is 4. The summed E-state index contributed by atoms with van der Waals surface area (Å²) >= 11 is 1.12. The van der Waals surface area contributed by atoms with Crippen LogP contribution in [0, 0.1) is 12.8 Å². The van der Waals surface area contributed by atoms with Gasteiger partial charge in [0, 0.05) is 17.1 Å². The van der Waals surface area contributed by atoms with Gasteiger partial charge in [0.1, 0.15) is 6.54 Å². The molecule has 1 rings (SSSR count). The van der Waals surface area contributed by atoms with E-state index in [4.69, 9.17) is 5.73 Å². The molecule has 0 aromatic carbocycles. The van der Waals surface area contributed by atoms with Crippen molar-refractivity contribution in [2.45, 2.75) is 26.9 Å². The first kappa shape index (κ1) is 15.8. The number of carbonyl (C=O) groups is 1. The predicted molar refractivity (Wildman–Crippen MR) is 70.3 cm³/mol. The minimum Gasteiger partial charge on any atom is -0.398 e. The average Bonchev–Trinajstić information content (AvgIpc) is 2.54. The van der Waals surface area contributed by atoms with E-state index in [2.05, 4.69) is 0 Å². The molecular weight excluding hydrogens is 277 g/mol. The van der Waals surface area contributed by atoms with Crippen molar-refractivity contribution >= 4 is 22.9 Å². The number of nitrogen functional groups attached to an aromatic ring is 1. The van der Waals surface area contributed by atoms with Gasteiger partial charge >= 0.3 is 6.18 Å². The number of amides is 1. The van der Waals surface area contributed by atoms with E-state index in [9.17, 15) is 18.0 Å². The molecule has 7 heteroatoms. The first-order chi connectivity index (χ1) is 8.60. The molecule has 0 bridgehead atoms. The molecule has 0 aliphatic carbocycles. The van der Waals surface area contributed by atoms with Gasteiger partial charge in [-0.25, -0.2) is 0 Å². The largest absolute Gasteiger partial charge is 0.406 e. The first-order valence-corrected chi connectivity index (χ1v) is 6.63. The van der Waals surface area contributed by atoms with Crippen LogP contribution in [-0.4, -0.2) is 30.1 Å². The van der Waals surface area contributed by atoms with Crippen LogP contribution in [0.1, 0.15) is 28.4 Å². The number of nitrogens with zero attached hydrogens (tertiary/aromatic N) is 1. The van der Waals surface area contributed by atoms with Crippen LogP contribution in [0.4, 0.5) is 18.9 Å². The quantitative estimate of drug-likeness (QED) is 0.926. The van der Waals surface area contributed by atoms with Gasteiger partial charge < -0.3 is 10.6 Å². The standard InChI is InChI=1S/C12H17F3N2OS/c1-7(2)5-17(6-12(13,14)15)11(18)10-4-9(16)8(3)19-10/h4,7H,5-6,16H2,1-3H3. The third kappa shape index (κ3) is 4.74. The van der Waals surface area contributed by atoms with E-state index in [1.165, 1.54) is 6.07 Å². The van der Waals surface area contributed by atoms with Crippen LogP contribution in [-0.2, 0) is 0 Å². The summed E-state index contributed by atoms with van der Waals surface area (Å²) in [5.74, 6) is -0.652. The molecule has 0 aliphatic heterocycles. The van der Waals surface area contributed by atoms with E-state index in [1.807, 2.05) is 0 Å². The topological polar surface area (TPSA) is 46.3 Å². The van der Waals surface area contributed by atoms with Gasteiger partial charge in [0.25, 0.3) is 5.91 Å². The molecule has 108 valence electrons. The summed E-state index contributed by atoms with van der Waals surface area (Å²) < 4.78 is 37.5. The fraction of sp³-hybridized carbons (Fsp3) is 0.583. The summed E-state index contributed by atoms with van der Waals surface area (Å²) in [6.45, 7) is 4.10. The molecule has 1 heterocycles. The molecule has 1 amide bonds. The first-order valence-electron chi connectivity index (χ1n) is 5.82. The number of aryl methyl sites for hydroxylation is 1. The highest BCUT2D eigenvalue weighted by Crippen LogP contribution is 2.26. The molecule has 2 N–H and O–H groups in total. The molecule has 0 fully saturated rings. The van der Waals surface area contributed by atoms with Gasteiger partial charge in [0.05, 0.1) is 4.88 Å². The summed E-state index contributed by atoms with van der Waals surface area (Å²) in [6, 6.07) is 1.44. The monoisotopic (exact) mass is 294 g/mol. The Morgan fingerprint density at radius 3 is 2.42 bits per heavy atom. The van der Waals surface area contributed by atoms with Crippen LogP contribution < -0.4 is 5.73 Å². The van der Waals surface area contributed by atoms with Crippen LogP contribution >= 0.6 is 11.3 Å². The van der Waals surface area contributed by atoms with Crippen molar-refractivity contribution < 1.29 is 18.0 Å². The summed E-state index contributed by atoms with van der Waals surface area (Å²) in [7, 11) is 0. The molecule has 0 radical (unpaired) electrons. The average molecular weight is 294 g/mol. The smallest absolute Gasteiger partial charge is 0.398 e. The Labute approximate surface area is 114 Å². The lowest BCUT2D eigenvalue weighted by Gasteiger charge is -2.25. The molecule has 3 nitrogen and oxygen atoms in total. The second-order valence-corrected chi connectivity index (χ2v) is 6.07. The lowest BCUT2D eigenvalue weighted by molar-refractivity contribution is -0.141. The maximum Gasteiger partial charge on any atom is 0.406 e. The Balaban J connectivity index is 2.93. The normalized spacial score (nSPS) is 11.9. The Bertz CT molecular complexity index is 435. The van der Waals surface area contributed by atoms with E-state index in [1.54, 1.807) is 20.8 Å². The third-order valence-electron chi connectivity index (χ3n) is 2.41. The van der Waals surface area contributed by atoms with Gasteiger partial charge in [-0.05, 0) is 18.9 Å². The highest BCUT2D eigenvalue weighted by molar-refractivity contribution is 7.14. The molecule has 0 spiro atoms. The second-order valence-electron chi connectivity index (χ2n) is 4.82. The van der Waals surface area contributed by atoms with Gasteiger partial charge in [-0.1, -0.05) is 13.8 Å². The number of halogens is 3. The van der Waals surface area contributed by atoms with E-state index in [0.717, 1.165) is 21.1 Å². The second kappa shape index (κ2) is 5.81. The van der Waals surface area contributed by atoms with Crippen LogP contribution in [0.2, 0.25) is 0 Å². The highest BCUT2D eigenvalue weighted by atomic mass is 32.1. The Morgan fingerprint density at radius 1 is 1.47 bits per heavy atom. The Kier molecular flexibility index (Phi) is 4.84. The zero-order valence-electron chi connectivity index (χ0n) is 11.0. The van der Waals surface area contributed by atoms with E-state index < -0.39 is 18.6 Å². The van der Waals surface area contributed by atoms with Gasteiger partial charge in [-0.2, -0.15) is 13.2 Å². The fourth-order valence-corrected chi connectivity index (χ4v) is 2.54. The van der Waals surface area contributed by atoms with Crippen molar-refractivity contribution in [1.82, 2.24) is 4.90 Å². The van der Waals surface area contributed by atoms with Crippen LogP contribution in [0.25, 0.3) is 0 Å². The number of alkyl halides is 3. The van der Waals surface area contributed by atoms with Gasteiger partial charge in [-0.15, -0.1) is 11.3 Å². The lowest BCUT2D eigenvalue weighted by atomic mass is 10.2. The molecular formula is C12H17F3N2OS. The van der Waals surface area contributed by atoms with Crippen molar-refractivity contribution in [3.05, 3.63) is 15.8 Å². The number of thiophene rings is 1. The van der Waals surface area contributed by atoms with Gasteiger partial charge in [-0.3, -0.25) is 4.79 Å². The third-order valence-corrected chi connectivity index (χ3v) is 3.46. The van der Waals surface area contributed by atoms with Gasteiger partial charge in [0.15, 0.2) is 0 Å². The maximum absolute atomic E-state index is 12.5. The summed E-state index contributed by atoms with van der Waals surface area (Å²) in [6.07, 6.45) is -4.40. The molecule has 19 heavy (non-hydrogen) atoms. The molecule has 0 saturated heterocycles. The fourth-order valence-electron chi connectivity index (χ4n) is 1.63.